The molecule has 1 aromatic heterocycles. The van der Waals surface area contributed by atoms with Gasteiger partial charge in [-0.05, 0) is 13.3 Å². The van der Waals surface area contributed by atoms with Crippen LogP contribution in [-0.4, -0.2) is 51.7 Å². The number of hydroxylamine groups is 1. The van der Waals surface area contributed by atoms with Crippen LogP contribution in [0.2, 0.25) is 0 Å². The Morgan fingerprint density at radius 2 is 2.14 bits per heavy atom. The highest BCUT2D eigenvalue weighted by Gasteiger charge is 2.31. The molecule has 2 aliphatic heterocycles. The highest BCUT2D eigenvalue weighted by Crippen LogP contribution is 2.35. The van der Waals surface area contributed by atoms with Crippen molar-refractivity contribution in [2.45, 2.75) is 57.7 Å². The highest BCUT2D eigenvalue weighted by molar-refractivity contribution is 8.14. The van der Waals surface area contributed by atoms with Gasteiger partial charge in [-0.1, -0.05) is 37.7 Å². The summed E-state index contributed by atoms with van der Waals surface area (Å²) in [6.45, 7) is 11.5. The molecule has 5 N–H and O–H groups in total. The number of carbonyl (C=O) groups excluding carboxylic acids is 1. The summed E-state index contributed by atoms with van der Waals surface area (Å²) in [5, 5.41) is 5.75. The first-order valence-corrected chi connectivity index (χ1v) is 10.5. The smallest absolute Gasteiger partial charge is 0.186 e. The fraction of sp³-hybridized carbons (Fsp3) is 0.667. The van der Waals surface area contributed by atoms with Gasteiger partial charge in [-0.3, -0.25) is 14.7 Å². The molecule has 1 aromatic rings. The molecule has 2 atom stereocenters. The van der Waals surface area contributed by atoms with Gasteiger partial charge in [-0.25, -0.2) is 15.8 Å². The molecule has 0 spiro atoms. The van der Waals surface area contributed by atoms with E-state index in [1.165, 1.54) is 16.8 Å². The summed E-state index contributed by atoms with van der Waals surface area (Å²) in [7, 11) is 0. The molecule has 1 saturated heterocycles. The molecule has 0 amide bonds. The van der Waals surface area contributed by atoms with E-state index in [9.17, 15) is 4.79 Å². The van der Waals surface area contributed by atoms with Crippen LogP contribution in [0.1, 0.15) is 46.9 Å². The van der Waals surface area contributed by atoms with Crippen molar-refractivity contribution >= 4 is 39.9 Å². The van der Waals surface area contributed by atoms with Crippen molar-refractivity contribution < 1.29 is 9.73 Å². The van der Waals surface area contributed by atoms with Crippen molar-refractivity contribution in [3.63, 3.8) is 0 Å². The molecule has 1 fully saturated rings. The van der Waals surface area contributed by atoms with Crippen LogP contribution in [0.3, 0.4) is 0 Å². The van der Waals surface area contributed by atoms with Crippen molar-refractivity contribution in [3.05, 3.63) is 5.82 Å². The number of nitrogens with two attached hydrogens (primary N) is 2. The molecule has 1 unspecified atom stereocenters. The van der Waals surface area contributed by atoms with Gasteiger partial charge in [0.15, 0.2) is 16.8 Å². The van der Waals surface area contributed by atoms with Crippen molar-refractivity contribution in [2.24, 2.45) is 11.0 Å². The second-order valence-electron chi connectivity index (χ2n) is 8.47. The number of hydrogen-bond donors (Lipinski definition) is 3. The lowest BCUT2D eigenvalue weighted by atomic mass is 9.95. The van der Waals surface area contributed by atoms with Crippen LogP contribution >= 0.6 is 11.8 Å². The second kappa shape index (κ2) is 8.33. The lowest BCUT2D eigenvalue weighted by molar-refractivity contribution is -0.109. The maximum atomic E-state index is 11.5. The average Bonchev–Trinajstić information content (AvgIpc) is 3.23. The number of carbonyl (C=O) groups is 1. The minimum Gasteiger partial charge on any atom is -0.393 e. The molecule has 10 nitrogen and oxygen atoms in total. The summed E-state index contributed by atoms with van der Waals surface area (Å²) in [5.41, 5.74) is 10.2. The summed E-state index contributed by atoms with van der Waals surface area (Å²) in [5.74, 6) is 8.16. The Morgan fingerprint density at radius 3 is 2.72 bits per heavy atom. The van der Waals surface area contributed by atoms with E-state index in [0.717, 1.165) is 18.7 Å². The monoisotopic (exact) mass is 422 g/mol. The highest BCUT2D eigenvalue weighted by atomic mass is 32.2. The van der Waals surface area contributed by atoms with Gasteiger partial charge >= 0.3 is 0 Å². The Bertz CT molecular complexity index is 810. The van der Waals surface area contributed by atoms with E-state index in [1.54, 1.807) is 6.92 Å². The SMILES string of the molecule is CC(=O)S[C@@H]1CCN(c2nc(C(C)(C)C)nc(N(N)CC3NON=C3C)c2N)C1. The van der Waals surface area contributed by atoms with Gasteiger partial charge in [0.1, 0.15) is 17.6 Å². The van der Waals surface area contributed by atoms with Crippen LogP contribution in [0, 0.1) is 0 Å². The van der Waals surface area contributed by atoms with Crippen LogP contribution in [0.15, 0.2) is 5.16 Å². The van der Waals surface area contributed by atoms with Crippen LogP contribution in [-0.2, 0) is 15.1 Å². The molecule has 3 rings (SSSR count). The fourth-order valence-electron chi connectivity index (χ4n) is 3.26. The third-order valence-corrected chi connectivity index (χ3v) is 5.94. The second-order valence-corrected chi connectivity index (χ2v) is 9.95. The number of rotatable bonds is 5. The Hall–Kier alpha value is -2.11. The van der Waals surface area contributed by atoms with Crippen LogP contribution in [0.25, 0.3) is 0 Å². The Balaban J connectivity index is 1.91. The molecule has 0 aromatic carbocycles. The van der Waals surface area contributed by atoms with Crippen molar-refractivity contribution in [1.82, 2.24) is 15.4 Å². The minimum absolute atomic E-state index is 0.125. The third-order valence-electron chi connectivity index (χ3n) is 4.89. The number of hydrazine groups is 1. The quantitative estimate of drug-likeness (QED) is 0.469. The Labute approximate surface area is 175 Å². The Morgan fingerprint density at radius 1 is 1.41 bits per heavy atom. The Kier molecular flexibility index (Phi) is 6.20. The molecule has 29 heavy (non-hydrogen) atoms. The zero-order valence-corrected chi connectivity index (χ0v) is 18.4. The first kappa shape index (κ1) is 21.6. The van der Waals surface area contributed by atoms with Gasteiger partial charge in [-0.2, -0.15) is 0 Å². The molecular formula is C18H30N8O2S. The number of hydrogen-bond acceptors (Lipinski definition) is 11. The maximum absolute atomic E-state index is 11.5. The number of nitrogens with one attached hydrogen (secondary N) is 1. The molecule has 11 heteroatoms. The van der Waals surface area contributed by atoms with E-state index in [4.69, 9.17) is 21.5 Å². The zero-order chi connectivity index (χ0) is 21.3. The van der Waals surface area contributed by atoms with Crippen LogP contribution in [0.5, 0.6) is 0 Å². The molecule has 160 valence electrons. The van der Waals surface area contributed by atoms with Gasteiger partial charge in [0, 0.05) is 30.7 Å². The molecule has 3 heterocycles. The van der Waals surface area contributed by atoms with E-state index < -0.39 is 0 Å². The summed E-state index contributed by atoms with van der Waals surface area (Å²) in [6.07, 6.45) is 0.902. The number of oxime groups is 1. The minimum atomic E-state index is -0.280. The standard InChI is InChI=1S/C18H30N8O2S/c1-10-13(24-28-23-10)9-26(20)16-14(19)15(21-17(22-16)18(3,4)5)25-7-6-12(8-25)29-11(2)27/h12-13,24H,6-9,19-20H2,1-5H3/t12-,13?/m1/s1. The van der Waals surface area contributed by atoms with Crippen molar-refractivity contribution in [2.75, 3.05) is 35.3 Å². The summed E-state index contributed by atoms with van der Waals surface area (Å²) in [4.78, 5) is 28.0. The number of nitrogen functional groups attached to an aromatic ring is 1. The molecular weight excluding hydrogens is 392 g/mol. The zero-order valence-electron chi connectivity index (χ0n) is 17.6. The van der Waals surface area contributed by atoms with Crippen LogP contribution < -0.4 is 27.0 Å². The number of aromatic nitrogens is 2. The average molecular weight is 423 g/mol. The van der Waals surface area contributed by atoms with Crippen molar-refractivity contribution in [3.8, 4) is 0 Å². The van der Waals surface area contributed by atoms with E-state index in [0.29, 0.717) is 36.2 Å². The molecule has 0 bridgehead atoms. The number of nitrogens with zero attached hydrogens (tertiary/aromatic N) is 5. The number of thioether (sulfide) groups is 1. The summed E-state index contributed by atoms with van der Waals surface area (Å²) < 4.78 is 0. The third kappa shape index (κ3) is 4.90. The first-order valence-electron chi connectivity index (χ1n) is 9.64. The topological polar surface area (TPSA) is 135 Å². The molecule has 0 aliphatic carbocycles. The van der Waals surface area contributed by atoms with E-state index in [2.05, 4.69) is 41.3 Å². The lowest BCUT2D eigenvalue weighted by Crippen LogP contribution is -2.46. The summed E-state index contributed by atoms with van der Waals surface area (Å²) >= 11 is 1.37. The predicted octanol–water partition coefficient (Wildman–Crippen LogP) is 1.17. The number of anilines is 3. The van der Waals surface area contributed by atoms with Gasteiger partial charge < -0.3 is 10.6 Å². The largest absolute Gasteiger partial charge is 0.393 e. The van der Waals surface area contributed by atoms with Gasteiger partial charge in [0.2, 0.25) is 0 Å². The maximum Gasteiger partial charge on any atom is 0.186 e. The predicted molar refractivity (Wildman–Crippen MR) is 117 cm³/mol. The molecule has 0 saturated carbocycles. The lowest BCUT2D eigenvalue weighted by Gasteiger charge is -2.28. The van der Waals surface area contributed by atoms with E-state index in [-0.39, 0.29) is 21.8 Å². The molecule has 0 radical (unpaired) electrons. The van der Waals surface area contributed by atoms with Gasteiger partial charge in [0.05, 0.1) is 12.3 Å². The van der Waals surface area contributed by atoms with Crippen LogP contribution in [0.4, 0.5) is 17.3 Å². The molecule has 2 aliphatic rings. The van der Waals surface area contributed by atoms with E-state index >= 15 is 0 Å². The fourth-order valence-corrected chi connectivity index (χ4v) is 4.20. The normalized spacial score (nSPS) is 21.9. The van der Waals surface area contributed by atoms with Gasteiger partial charge in [0.25, 0.3) is 0 Å². The first-order chi connectivity index (χ1) is 13.6. The van der Waals surface area contributed by atoms with Gasteiger partial charge in [-0.15, -0.1) is 5.48 Å². The van der Waals surface area contributed by atoms with E-state index in [1.807, 2.05) is 6.92 Å². The summed E-state index contributed by atoms with van der Waals surface area (Å²) in [6, 6.07) is -0.154. The van der Waals surface area contributed by atoms with Crippen molar-refractivity contribution in [1.29, 1.82) is 0 Å².